The maximum absolute atomic E-state index is 12.8. The van der Waals surface area contributed by atoms with Crippen molar-refractivity contribution < 1.29 is 28.6 Å². The molecule has 0 rings (SSSR count). The van der Waals surface area contributed by atoms with E-state index in [1.54, 1.807) is 0 Å². The molecule has 1 unspecified atom stereocenters. The number of esters is 3. The zero-order valence-electron chi connectivity index (χ0n) is 43.6. The van der Waals surface area contributed by atoms with Gasteiger partial charge in [0.2, 0.25) is 0 Å². The lowest BCUT2D eigenvalue weighted by Gasteiger charge is -2.18. The Labute approximate surface area is 417 Å². The van der Waals surface area contributed by atoms with E-state index in [4.69, 9.17) is 14.2 Å². The number of allylic oxidation sites excluding steroid dienone is 22. The van der Waals surface area contributed by atoms with Crippen LogP contribution in [0, 0.1) is 0 Å². The largest absolute Gasteiger partial charge is 0.462 e. The lowest BCUT2D eigenvalue weighted by atomic mass is 10.1. The van der Waals surface area contributed by atoms with Crippen LogP contribution >= 0.6 is 0 Å². The second-order valence-corrected chi connectivity index (χ2v) is 17.5. The molecule has 0 N–H and O–H groups in total. The number of carbonyl (C=O) groups excluding carboxylic acids is 3. The Hall–Kier alpha value is -4.45. The van der Waals surface area contributed by atoms with Crippen LogP contribution in [0.1, 0.15) is 220 Å². The summed E-state index contributed by atoms with van der Waals surface area (Å²) in [5.74, 6) is -0.992. The molecule has 0 aliphatic heterocycles. The smallest absolute Gasteiger partial charge is 0.306 e. The summed E-state index contributed by atoms with van der Waals surface area (Å²) in [4.78, 5) is 38.1. The number of hydrogen-bond acceptors (Lipinski definition) is 6. The van der Waals surface area contributed by atoms with Crippen LogP contribution in [0.2, 0.25) is 0 Å². The van der Waals surface area contributed by atoms with E-state index < -0.39 is 6.10 Å². The second-order valence-electron chi connectivity index (χ2n) is 17.5. The first-order chi connectivity index (χ1) is 33.5. The molecule has 6 nitrogen and oxygen atoms in total. The highest BCUT2D eigenvalue weighted by Crippen LogP contribution is 2.13. The fourth-order valence-corrected chi connectivity index (χ4v) is 6.97. The van der Waals surface area contributed by atoms with E-state index in [1.807, 2.05) is 36.5 Å². The third kappa shape index (κ3) is 52.5. The standard InChI is InChI=1S/C62H98O6/c1-4-7-10-13-16-19-22-25-27-29-31-33-34-37-40-43-46-49-52-55-61(64)67-58-59(57-66-60(63)54-51-48-45-42-39-36-24-21-18-15-12-9-6-3)68-62(65)56-53-50-47-44-41-38-35-32-30-28-26-23-20-17-14-11-8-5-2/h7,9-10,12,15-16,18-19,21,23-28,30-33,35-36,39,59H,4-6,8,11,13-14,17,20,22,29,34,37-38,40-58H2,1-3H3/b10-7+,12-9+,18-15+,19-16+,24-21+,26-23+,27-25+,30-28+,33-31+,35-32+,39-36+. The molecule has 382 valence electrons. The van der Waals surface area contributed by atoms with E-state index in [1.165, 1.54) is 44.9 Å². The molecule has 0 aromatic carbocycles. The highest BCUT2D eigenvalue weighted by molar-refractivity contribution is 5.71. The molecule has 0 aromatic heterocycles. The van der Waals surface area contributed by atoms with E-state index >= 15 is 0 Å². The molecule has 0 fully saturated rings. The Kier molecular flexibility index (Phi) is 51.5. The molecule has 0 radical (unpaired) electrons. The Balaban J connectivity index is 4.52. The van der Waals surface area contributed by atoms with Crippen molar-refractivity contribution in [3.05, 3.63) is 134 Å². The molecule has 1 atom stereocenters. The molecular formula is C62H98O6. The van der Waals surface area contributed by atoms with Crippen molar-refractivity contribution in [1.29, 1.82) is 0 Å². The van der Waals surface area contributed by atoms with Gasteiger partial charge in [-0.25, -0.2) is 0 Å². The van der Waals surface area contributed by atoms with Crippen LogP contribution in [-0.2, 0) is 28.6 Å². The Bertz CT molecular complexity index is 1500. The summed E-state index contributed by atoms with van der Waals surface area (Å²) >= 11 is 0. The molecule has 0 saturated heterocycles. The molecule has 0 heterocycles. The van der Waals surface area contributed by atoms with Gasteiger partial charge in [-0.15, -0.1) is 0 Å². The van der Waals surface area contributed by atoms with Gasteiger partial charge in [-0.3, -0.25) is 14.4 Å². The monoisotopic (exact) mass is 939 g/mol. The zero-order chi connectivity index (χ0) is 49.3. The summed E-state index contributed by atoms with van der Waals surface area (Å²) in [5.41, 5.74) is 0. The van der Waals surface area contributed by atoms with Gasteiger partial charge in [0.15, 0.2) is 6.10 Å². The van der Waals surface area contributed by atoms with Crippen LogP contribution in [0.25, 0.3) is 0 Å². The summed E-state index contributed by atoms with van der Waals surface area (Å²) in [6.07, 6.45) is 77.2. The van der Waals surface area contributed by atoms with E-state index in [0.717, 1.165) is 135 Å². The SMILES string of the molecule is CC/C=C/C=C/C=C/C=C/CCCCCC(=O)OCC(COC(=O)CCCCCCCC/C=C/C/C=C/C/C=C/C/C=C/CC)OC(=O)CCCCCCC/C=C/C=C/C=C/CCCCCCC. The van der Waals surface area contributed by atoms with Gasteiger partial charge in [0.1, 0.15) is 13.2 Å². The first-order valence-electron chi connectivity index (χ1n) is 27.3. The minimum Gasteiger partial charge on any atom is -0.462 e. The molecule has 68 heavy (non-hydrogen) atoms. The summed E-state index contributed by atoms with van der Waals surface area (Å²) in [6, 6.07) is 0. The van der Waals surface area contributed by atoms with Gasteiger partial charge in [0.05, 0.1) is 0 Å². The molecule has 0 aliphatic rings. The average Bonchev–Trinajstić information content (AvgIpc) is 3.34. The van der Waals surface area contributed by atoms with Crippen LogP contribution in [0.4, 0.5) is 0 Å². The van der Waals surface area contributed by atoms with Gasteiger partial charge in [-0.2, -0.15) is 0 Å². The molecular weight excluding hydrogens is 841 g/mol. The van der Waals surface area contributed by atoms with Crippen LogP contribution < -0.4 is 0 Å². The van der Waals surface area contributed by atoms with Gasteiger partial charge in [-0.05, 0) is 103 Å². The number of carbonyl (C=O) groups is 3. The molecule has 0 aromatic rings. The van der Waals surface area contributed by atoms with Crippen molar-refractivity contribution >= 4 is 17.9 Å². The molecule has 0 spiro atoms. The van der Waals surface area contributed by atoms with E-state index in [0.29, 0.717) is 12.8 Å². The van der Waals surface area contributed by atoms with Crippen LogP contribution in [0.3, 0.4) is 0 Å². The van der Waals surface area contributed by atoms with E-state index in [2.05, 4.69) is 118 Å². The van der Waals surface area contributed by atoms with E-state index in [-0.39, 0.29) is 37.5 Å². The number of ether oxygens (including phenoxy) is 3. The Morgan fingerprint density at radius 2 is 0.647 bits per heavy atom. The zero-order valence-corrected chi connectivity index (χ0v) is 43.6. The van der Waals surface area contributed by atoms with Crippen molar-refractivity contribution in [2.45, 2.75) is 226 Å². The van der Waals surface area contributed by atoms with Crippen molar-refractivity contribution in [2.24, 2.45) is 0 Å². The average molecular weight is 939 g/mol. The predicted octanol–water partition coefficient (Wildman–Crippen LogP) is 18.3. The van der Waals surface area contributed by atoms with Gasteiger partial charge in [0.25, 0.3) is 0 Å². The number of unbranched alkanes of at least 4 members (excludes halogenated alkanes) is 19. The van der Waals surface area contributed by atoms with Crippen molar-refractivity contribution in [3.8, 4) is 0 Å². The van der Waals surface area contributed by atoms with Crippen LogP contribution in [0.5, 0.6) is 0 Å². The minimum atomic E-state index is -0.817. The lowest BCUT2D eigenvalue weighted by Crippen LogP contribution is -2.30. The molecule has 6 heteroatoms. The Morgan fingerprint density at radius 3 is 1.09 bits per heavy atom. The third-order valence-corrected chi connectivity index (χ3v) is 11.0. The maximum atomic E-state index is 12.8. The maximum Gasteiger partial charge on any atom is 0.306 e. The predicted molar refractivity (Wildman–Crippen MR) is 292 cm³/mol. The van der Waals surface area contributed by atoms with E-state index in [9.17, 15) is 14.4 Å². The van der Waals surface area contributed by atoms with Gasteiger partial charge >= 0.3 is 17.9 Å². The molecule has 0 saturated carbocycles. The van der Waals surface area contributed by atoms with Crippen molar-refractivity contribution in [2.75, 3.05) is 13.2 Å². The number of hydrogen-bond donors (Lipinski definition) is 0. The minimum absolute atomic E-state index is 0.112. The normalized spacial score (nSPS) is 13.2. The Morgan fingerprint density at radius 1 is 0.324 bits per heavy atom. The summed E-state index contributed by atoms with van der Waals surface area (Å²) in [7, 11) is 0. The fourth-order valence-electron chi connectivity index (χ4n) is 6.97. The lowest BCUT2D eigenvalue weighted by molar-refractivity contribution is -0.167. The van der Waals surface area contributed by atoms with Gasteiger partial charge < -0.3 is 14.2 Å². The second kappa shape index (κ2) is 55.1. The quantitative estimate of drug-likeness (QED) is 0.0199. The van der Waals surface area contributed by atoms with Crippen molar-refractivity contribution in [3.63, 3.8) is 0 Å². The first-order valence-corrected chi connectivity index (χ1v) is 27.3. The van der Waals surface area contributed by atoms with Crippen LogP contribution in [0.15, 0.2) is 134 Å². The highest BCUT2D eigenvalue weighted by atomic mass is 16.6. The van der Waals surface area contributed by atoms with Crippen LogP contribution in [-0.4, -0.2) is 37.2 Å². The number of rotatable bonds is 47. The third-order valence-electron chi connectivity index (χ3n) is 11.0. The van der Waals surface area contributed by atoms with Gasteiger partial charge in [-0.1, -0.05) is 231 Å². The molecule has 0 amide bonds. The summed E-state index contributed by atoms with van der Waals surface area (Å²) in [5, 5.41) is 0. The molecule has 0 bridgehead atoms. The highest BCUT2D eigenvalue weighted by Gasteiger charge is 2.19. The molecule has 0 aliphatic carbocycles. The first kappa shape index (κ1) is 63.5. The summed E-state index contributed by atoms with van der Waals surface area (Å²) in [6.45, 7) is 6.29. The van der Waals surface area contributed by atoms with Gasteiger partial charge in [0, 0.05) is 19.3 Å². The topological polar surface area (TPSA) is 78.9 Å². The van der Waals surface area contributed by atoms with Crippen molar-refractivity contribution in [1.82, 2.24) is 0 Å². The fraction of sp³-hybridized carbons (Fsp3) is 0.597. The summed E-state index contributed by atoms with van der Waals surface area (Å²) < 4.78 is 16.8.